The van der Waals surface area contributed by atoms with Crippen molar-refractivity contribution >= 4 is 5.91 Å². The van der Waals surface area contributed by atoms with Crippen LogP contribution in [-0.2, 0) is 19.6 Å². The van der Waals surface area contributed by atoms with E-state index in [2.05, 4.69) is 54.4 Å². The van der Waals surface area contributed by atoms with Crippen molar-refractivity contribution in [1.82, 2.24) is 35.1 Å². The van der Waals surface area contributed by atoms with Crippen molar-refractivity contribution in [3.8, 4) is 0 Å². The summed E-state index contributed by atoms with van der Waals surface area (Å²) in [5.41, 5.74) is 1.88. The SMILES string of the molecule is O=C(c1ccc(CNC2CCC(N3CCC=CCC3)CC2)cc1)N(Cc1ncc[nH]1)Cc1ncc[nH]1. The minimum atomic E-state index is -0.0376. The standard InChI is InChI=1S/C28H37N7O/c36-28(35(20-26-29-13-14-30-26)21-27-31-15-16-32-27)23-7-5-22(6-8-23)19-33-24-9-11-25(12-10-24)34-17-3-1-2-4-18-34/h1-2,5-8,13-16,24-25,33H,3-4,9-12,17-21H2,(H,29,30)(H,31,32). The average Bonchev–Trinajstić information content (AvgIpc) is 3.56. The summed E-state index contributed by atoms with van der Waals surface area (Å²) in [6.45, 7) is 4.05. The number of aromatic nitrogens is 4. The van der Waals surface area contributed by atoms with Gasteiger partial charge in [0.2, 0.25) is 0 Å². The number of aromatic amines is 2. The highest BCUT2D eigenvalue weighted by Crippen LogP contribution is 2.25. The first-order valence-corrected chi connectivity index (χ1v) is 13.2. The number of nitrogens with zero attached hydrogens (tertiary/aromatic N) is 4. The first-order chi connectivity index (χ1) is 17.7. The fourth-order valence-corrected chi connectivity index (χ4v) is 5.38. The molecule has 2 aromatic heterocycles. The fraction of sp³-hybridized carbons (Fsp3) is 0.464. The molecule has 8 nitrogen and oxygen atoms in total. The largest absolute Gasteiger partial charge is 0.347 e. The molecule has 0 saturated heterocycles. The van der Waals surface area contributed by atoms with Crippen molar-refractivity contribution in [2.45, 2.75) is 70.2 Å². The molecule has 1 aromatic carbocycles. The number of amides is 1. The molecule has 1 aliphatic carbocycles. The Labute approximate surface area is 213 Å². The maximum Gasteiger partial charge on any atom is 0.254 e. The topological polar surface area (TPSA) is 92.9 Å². The summed E-state index contributed by atoms with van der Waals surface area (Å²) in [6, 6.07) is 9.31. The van der Waals surface area contributed by atoms with Gasteiger partial charge in [0.1, 0.15) is 11.6 Å². The van der Waals surface area contributed by atoms with Crippen LogP contribution in [0.4, 0.5) is 0 Å². The number of hydrogen-bond donors (Lipinski definition) is 3. The molecule has 0 spiro atoms. The predicted molar refractivity (Wildman–Crippen MR) is 140 cm³/mol. The van der Waals surface area contributed by atoms with E-state index in [9.17, 15) is 4.79 Å². The van der Waals surface area contributed by atoms with Gasteiger partial charge in [0, 0.05) is 62.1 Å². The summed E-state index contributed by atoms with van der Waals surface area (Å²) in [7, 11) is 0. The summed E-state index contributed by atoms with van der Waals surface area (Å²) >= 11 is 0. The molecule has 2 aliphatic rings. The van der Waals surface area contributed by atoms with E-state index in [1.165, 1.54) is 57.2 Å². The lowest BCUT2D eigenvalue weighted by Gasteiger charge is -2.36. The molecule has 8 heteroatoms. The number of carbonyl (C=O) groups excluding carboxylic acids is 1. The molecule has 1 aliphatic heterocycles. The van der Waals surface area contributed by atoms with Gasteiger partial charge in [-0.2, -0.15) is 0 Å². The van der Waals surface area contributed by atoms with Crippen LogP contribution in [-0.4, -0.2) is 60.8 Å². The normalized spacial score (nSPS) is 20.8. The summed E-state index contributed by atoms with van der Waals surface area (Å²) < 4.78 is 0. The van der Waals surface area contributed by atoms with Crippen LogP contribution in [0.1, 0.15) is 66.1 Å². The van der Waals surface area contributed by atoms with Crippen LogP contribution in [0.2, 0.25) is 0 Å². The summed E-state index contributed by atoms with van der Waals surface area (Å²) in [5.74, 6) is 1.46. The Kier molecular flexibility index (Phi) is 8.25. The van der Waals surface area contributed by atoms with E-state index in [0.29, 0.717) is 24.7 Å². The van der Waals surface area contributed by atoms with Crippen LogP contribution in [0.25, 0.3) is 0 Å². The molecular weight excluding hydrogens is 450 g/mol. The highest BCUT2D eigenvalue weighted by Gasteiger charge is 2.25. The Morgan fingerprint density at radius 2 is 1.53 bits per heavy atom. The van der Waals surface area contributed by atoms with Gasteiger partial charge in [-0.05, 0) is 56.2 Å². The first kappa shape index (κ1) is 24.5. The number of imidazole rings is 2. The zero-order valence-corrected chi connectivity index (χ0v) is 20.9. The fourth-order valence-electron chi connectivity index (χ4n) is 5.38. The molecule has 190 valence electrons. The van der Waals surface area contributed by atoms with Crippen LogP contribution in [0.15, 0.2) is 61.2 Å². The number of rotatable bonds is 9. The van der Waals surface area contributed by atoms with Crippen molar-refractivity contribution in [1.29, 1.82) is 0 Å². The van der Waals surface area contributed by atoms with Crippen LogP contribution in [0.3, 0.4) is 0 Å². The van der Waals surface area contributed by atoms with Crippen LogP contribution < -0.4 is 5.32 Å². The molecule has 3 heterocycles. The quantitative estimate of drug-likeness (QED) is 0.396. The molecular formula is C28H37N7O. The minimum absolute atomic E-state index is 0.0376. The minimum Gasteiger partial charge on any atom is -0.347 e. The summed E-state index contributed by atoms with van der Waals surface area (Å²) in [5, 5.41) is 3.75. The highest BCUT2D eigenvalue weighted by atomic mass is 16.2. The molecule has 0 unspecified atom stereocenters. The molecule has 0 radical (unpaired) electrons. The lowest BCUT2D eigenvalue weighted by atomic mass is 9.90. The van der Waals surface area contributed by atoms with Crippen molar-refractivity contribution in [3.05, 3.63) is 84.0 Å². The van der Waals surface area contributed by atoms with Crippen molar-refractivity contribution in [3.63, 3.8) is 0 Å². The molecule has 3 aromatic rings. The van der Waals surface area contributed by atoms with E-state index in [4.69, 9.17) is 0 Å². The zero-order valence-electron chi connectivity index (χ0n) is 20.9. The molecule has 0 atom stereocenters. The van der Waals surface area contributed by atoms with Gasteiger partial charge in [-0.1, -0.05) is 24.3 Å². The van der Waals surface area contributed by atoms with Gasteiger partial charge in [0.25, 0.3) is 5.91 Å². The monoisotopic (exact) mass is 487 g/mol. The van der Waals surface area contributed by atoms with E-state index >= 15 is 0 Å². The zero-order chi connectivity index (χ0) is 24.6. The van der Waals surface area contributed by atoms with Crippen LogP contribution >= 0.6 is 0 Å². The molecule has 1 amide bonds. The van der Waals surface area contributed by atoms with E-state index in [1.54, 1.807) is 29.7 Å². The van der Waals surface area contributed by atoms with Crippen LogP contribution in [0, 0.1) is 0 Å². The van der Waals surface area contributed by atoms with E-state index in [0.717, 1.165) is 24.2 Å². The van der Waals surface area contributed by atoms with Gasteiger partial charge >= 0.3 is 0 Å². The Bertz CT molecular complexity index is 1040. The van der Waals surface area contributed by atoms with Gasteiger partial charge in [-0.15, -0.1) is 0 Å². The van der Waals surface area contributed by atoms with Gasteiger partial charge in [0.15, 0.2) is 0 Å². The number of hydrogen-bond acceptors (Lipinski definition) is 5. The third kappa shape index (κ3) is 6.50. The predicted octanol–water partition coefficient (Wildman–Crippen LogP) is 4.03. The first-order valence-electron chi connectivity index (χ1n) is 13.2. The smallest absolute Gasteiger partial charge is 0.254 e. The second kappa shape index (κ2) is 12.1. The Morgan fingerprint density at radius 3 is 2.08 bits per heavy atom. The molecule has 1 fully saturated rings. The van der Waals surface area contributed by atoms with Crippen LogP contribution in [0.5, 0.6) is 0 Å². The average molecular weight is 488 g/mol. The maximum absolute atomic E-state index is 13.3. The van der Waals surface area contributed by atoms with Gasteiger partial charge in [-0.3, -0.25) is 9.69 Å². The molecule has 5 rings (SSSR count). The summed E-state index contributed by atoms with van der Waals surface area (Å²) in [4.78, 5) is 32.5. The van der Waals surface area contributed by atoms with Crippen molar-refractivity contribution in [2.24, 2.45) is 0 Å². The number of H-pyrrole nitrogens is 2. The van der Waals surface area contributed by atoms with Gasteiger partial charge in [0.05, 0.1) is 13.1 Å². The summed E-state index contributed by atoms with van der Waals surface area (Å²) in [6.07, 6.45) is 19.0. The second-order valence-corrected chi connectivity index (χ2v) is 9.90. The molecule has 0 bridgehead atoms. The maximum atomic E-state index is 13.3. The second-order valence-electron chi connectivity index (χ2n) is 9.90. The number of benzene rings is 1. The van der Waals surface area contributed by atoms with E-state index in [-0.39, 0.29) is 5.91 Å². The molecule has 3 N–H and O–H groups in total. The van der Waals surface area contributed by atoms with Crippen molar-refractivity contribution in [2.75, 3.05) is 13.1 Å². The van der Waals surface area contributed by atoms with Crippen molar-refractivity contribution < 1.29 is 4.79 Å². The third-order valence-corrected chi connectivity index (χ3v) is 7.42. The van der Waals surface area contributed by atoms with Gasteiger partial charge in [-0.25, -0.2) is 9.97 Å². The van der Waals surface area contributed by atoms with E-state index < -0.39 is 0 Å². The Morgan fingerprint density at radius 1 is 0.917 bits per heavy atom. The third-order valence-electron chi connectivity index (χ3n) is 7.42. The molecule has 1 saturated carbocycles. The lowest BCUT2D eigenvalue weighted by molar-refractivity contribution is 0.0721. The van der Waals surface area contributed by atoms with Gasteiger partial charge < -0.3 is 20.2 Å². The highest BCUT2D eigenvalue weighted by molar-refractivity contribution is 5.94. The number of carbonyl (C=O) groups is 1. The number of nitrogens with one attached hydrogen (secondary N) is 3. The Balaban J connectivity index is 1.12. The lowest BCUT2D eigenvalue weighted by Crippen LogP contribution is -2.42. The van der Waals surface area contributed by atoms with E-state index in [1.807, 2.05) is 12.1 Å². The molecule has 36 heavy (non-hydrogen) atoms. The Hall–Kier alpha value is -3.23.